The monoisotopic (exact) mass is 795 g/mol. The zero-order chi connectivity index (χ0) is 40.3. The van der Waals surface area contributed by atoms with Crippen LogP contribution >= 0.6 is 11.3 Å². The molecule has 0 aliphatic carbocycles. The summed E-state index contributed by atoms with van der Waals surface area (Å²) in [5.41, 5.74) is 14.5. The van der Waals surface area contributed by atoms with Gasteiger partial charge < -0.3 is 9.32 Å². The van der Waals surface area contributed by atoms with Gasteiger partial charge in [-0.1, -0.05) is 164 Å². The van der Waals surface area contributed by atoms with Gasteiger partial charge >= 0.3 is 0 Å². The van der Waals surface area contributed by atoms with Gasteiger partial charge in [0.15, 0.2) is 0 Å². The molecule has 0 saturated heterocycles. The van der Waals surface area contributed by atoms with Crippen LogP contribution in [0.3, 0.4) is 0 Å². The van der Waals surface area contributed by atoms with Crippen LogP contribution in [0.1, 0.15) is 0 Å². The van der Waals surface area contributed by atoms with Gasteiger partial charge in [-0.2, -0.15) is 0 Å². The van der Waals surface area contributed by atoms with E-state index in [2.05, 4.69) is 229 Å². The predicted octanol–water partition coefficient (Wildman–Crippen LogP) is 17.2. The first-order chi connectivity index (χ1) is 30.2. The molecule has 0 N–H and O–H groups in total. The summed E-state index contributed by atoms with van der Waals surface area (Å²) < 4.78 is 9.30. The molecule has 2 nitrogen and oxygen atoms in total. The average molecular weight is 796 g/mol. The lowest BCUT2D eigenvalue weighted by molar-refractivity contribution is 0.673. The molecule has 10 aromatic carbocycles. The van der Waals surface area contributed by atoms with E-state index in [0.717, 1.165) is 55.5 Å². The molecular weight excluding hydrogens is 759 g/mol. The Morgan fingerprint density at radius 3 is 1.69 bits per heavy atom. The van der Waals surface area contributed by atoms with E-state index in [-0.39, 0.29) is 0 Å². The van der Waals surface area contributed by atoms with Crippen LogP contribution in [-0.2, 0) is 0 Å². The number of hydrogen-bond acceptors (Lipinski definition) is 3. The van der Waals surface area contributed by atoms with E-state index in [9.17, 15) is 0 Å². The summed E-state index contributed by atoms with van der Waals surface area (Å²) in [6.07, 6.45) is 0. The zero-order valence-electron chi connectivity index (χ0n) is 33.1. The molecule has 0 saturated carbocycles. The minimum Gasteiger partial charge on any atom is -0.455 e. The Hall–Kier alpha value is -7.72. The van der Waals surface area contributed by atoms with Crippen molar-refractivity contribution >= 4 is 81.3 Å². The fourth-order valence-electron chi connectivity index (χ4n) is 9.12. The number of thiophene rings is 1. The smallest absolute Gasteiger partial charge is 0.143 e. The summed E-state index contributed by atoms with van der Waals surface area (Å²) in [5.74, 6) is 0. The highest BCUT2D eigenvalue weighted by molar-refractivity contribution is 7.25. The Morgan fingerprint density at radius 1 is 0.344 bits per heavy atom. The summed E-state index contributed by atoms with van der Waals surface area (Å²) in [6, 6.07) is 81.1. The average Bonchev–Trinajstić information content (AvgIpc) is 3.91. The molecule has 3 heteroatoms. The molecule has 0 atom stereocenters. The Bertz CT molecular complexity index is 3580. The fourth-order valence-corrected chi connectivity index (χ4v) is 10.3. The van der Waals surface area contributed by atoms with Crippen molar-refractivity contribution in [3.05, 3.63) is 224 Å². The molecule has 12 aromatic rings. The van der Waals surface area contributed by atoms with Crippen LogP contribution in [0.5, 0.6) is 0 Å². The van der Waals surface area contributed by atoms with E-state index in [1.165, 1.54) is 58.9 Å². The Labute approximate surface area is 357 Å². The molecule has 12 rings (SSSR count). The zero-order valence-corrected chi connectivity index (χ0v) is 33.9. The van der Waals surface area contributed by atoms with Crippen LogP contribution in [-0.4, -0.2) is 0 Å². The van der Waals surface area contributed by atoms with E-state index in [1.807, 2.05) is 11.3 Å². The van der Waals surface area contributed by atoms with E-state index < -0.39 is 0 Å². The molecule has 0 aliphatic rings. The number of furan rings is 1. The fraction of sp³-hybridized carbons (Fsp3) is 0. The molecule has 0 radical (unpaired) electrons. The van der Waals surface area contributed by atoms with Crippen LogP contribution < -0.4 is 4.90 Å². The summed E-state index contributed by atoms with van der Waals surface area (Å²) >= 11 is 1.86. The van der Waals surface area contributed by atoms with Crippen LogP contribution in [0, 0.1) is 0 Å². The molecule has 61 heavy (non-hydrogen) atoms. The van der Waals surface area contributed by atoms with Gasteiger partial charge in [0.2, 0.25) is 0 Å². The van der Waals surface area contributed by atoms with Gasteiger partial charge in [0, 0.05) is 53.3 Å². The number of para-hydroxylation sites is 1. The molecule has 0 bridgehead atoms. The molecular formula is C58H37NOS. The van der Waals surface area contributed by atoms with Crippen molar-refractivity contribution in [1.29, 1.82) is 0 Å². The number of anilines is 3. The molecule has 0 aliphatic heterocycles. The number of nitrogens with zero attached hydrogens (tertiary/aromatic N) is 1. The Balaban J connectivity index is 0.996. The summed E-state index contributed by atoms with van der Waals surface area (Å²) in [7, 11) is 0. The topological polar surface area (TPSA) is 16.4 Å². The van der Waals surface area contributed by atoms with Crippen LogP contribution in [0.2, 0.25) is 0 Å². The van der Waals surface area contributed by atoms with Gasteiger partial charge in [-0.05, 0) is 105 Å². The van der Waals surface area contributed by atoms with E-state index in [0.29, 0.717) is 0 Å². The maximum absolute atomic E-state index is 6.68. The number of fused-ring (bicyclic) bond motifs is 8. The van der Waals surface area contributed by atoms with Crippen LogP contribution in [0.4, 0.5) is 17.1 Å². The quantitative estimate of drug-likeness (QED) is 0.160. The molecule has 0 spiro atoms. The highest BCUT2D eigenvalue weighted by Gasteiger charge is 2.21. The van der Waals surface area contributed by atoms with Gasteiger partial charge in [0.05, 0.1) is 5.69 Å². The minimum absolute atomic E-state index is 0.882. The predicted molar refractivity (Wildman–Crippen MR) is 261 cm³/mol. The Morgan fingerprint density at radius 2 is 0.902 bits per heavy atom. The summed E-state index contributed by atoms with van der Waals surface area (Å²) in [6.45, 7) is 0. The number of rotatable bonds is 7. The Kier molecular flexibility index (Phi) is 8.39. The van der Waals surface area contributed by atoms with Gasteiger partial charge in [-0.15, -0.1) is 11.3 Å². The first-order valence-corrected chi connectivity index (χ1v) is 21.6. The van der Waals surface area contributed by atoms with Crippen molar-refractivity contribution in [2.75, 3.05) is 4.90 Å². The lowest BCUT2D eigenvalue weighted by Gasteiger charge is -2.28. The first-order valence-electron chi connectivity index (χ1n) is 20.7. The second-order valence-electron chi connectivity index (χ2n) is 15.6. The SMILES string of the molecule is c1ccc(-c2cccc(-c3ccc(N(c4ccc(-c5ccc6c(c5)sc5ccccc56)cc4)c4ccccc4-c4cccc5oc6c7ccccc7ccc6c45)cc3)c2)cc1. The minimum atomic E-state index is 0.882. The third-order valence-corrected chi connectivity index (χ3v) is 13.2. The maximum Gasteiger partial charge on any atom is 0.143 e. The van der Waals surface area contributed by atoms with Crippen molar-refractivity contribution in [1.82, 2.24) is 0 Å². The largest absolute Gasteiger partial charge is 0.455 e. The van der Waals surface area contributed by atoms with Gasteiger partial charge in [0.25, 0.3) is 0 Å². The summed E-state index contributed by atoms with van der Waals surface area (Å²) in [5, 5.41) is 7.17. The first kappa shape index (κ1) is 35.2. The van der Waals surface area contributed by atoms with Crippen molar-refractivity contribution in [2.45, 2.75) is 0 Å². The third-order valence-electron chi connectivity index (χ3n) is 12.1. The van der Waals surface area contributed by atoms with Crippen molar-refractivity contribution < 1.29 is 4.42 Å². The van der Waals surface area contributed by atoms with Crippen LogP contribution in [0.25, 0.3) is 97.4 Å². The maximum atomic E-state index is 6.68. The molecule has 0 amide bonds. The van der Waals surface area contributed by atoms with Crippen molar-refractivity contribution in [2.24, 2.45) is 0 Å². The number of hydrogen-bond donors (Lipinski definition) is 0. The lowest BCUT2D eigenvalue weighted by Crippen LogP contribution is -2.11. The highest BCUT2D eigenvalue weighted by atomic mass is 32.1. The normalized spacial score (nSPS) is 11.6. The third kappa shape index (κ3) is 6.09. The molecule has 2 heterocycles. The van der Waals surface area contributed by atoms with Gasteiger partial charge in [-0.25, -0.2) is 0 Å². The standard InChI is InChI=1S/C58H37NOS/c1-2-12-38(13-3-1)42-15-10-16-43(36-42)39-24-30-45(31-25-39)59(46-32-26-40(27-33-46)44-29-34-50-49-19-7-9-23-55(49)61-56(50)37-44)53-21-8-6-18-48(53)51-20-11-22-54-57(51)52-35-28-41-14-4-5-17-47(41)58(52)60-54/h1-37H. The van der Waals surface area contributed by atoms with Gasteiger partial charge in [0.1, 0.15) is 11.2 Å². The van der Waals surface area contributed by atoms with Crippen molar-refractivity contribution in [3.8, 4) is 44.5 Å². The van der Waals surface area contributed by atoms with Crippen LogP contribution in [0.15, 0.2) is 229 Å². The summed E-state index contributed by atoms with van der Waals surface area (Å²) in [4.78, 5) is 2.40. The van der Waals surface area contributed by atoms with E-state index in [1.54, 1.807) is 0 Å². The lowest BCUT2D eigenvalue weighted by atomic mass is 9.95. The van der Waals surface area contributed by atoms with E-state index >= 15 is 0 Å². The molecule has 2 aromatic heterocycles. The molecule has 286 valence electrons. The van der Waals surface area contributed by atoms with Crippen molar-refractivity contribution in [3.63, 3.8) is 0 Å². The van der Waals surface area contributed by atoms with Gasteiger partial charge in [-0.3, -0.25) is 0 Å². The molecule has 0 unspecified atom stereocenters. The molecule has 0 fully saturated rings. The second kappa shape index (κ2) is 14.5. The second-order valence-corrected chi connectivity index (χ2v) is 16.7. The van der Waals surface area contributed by atoms with E-state index in [4.69, 9.17) is 4.42 Å². The highest BCUT2D eigenvalue weighted by Crippen LogP contribution is 2.46. The number of benzene rings is 10.